The molecule has 0 saturated heterocycles. The van der Waals surface area contributed by atoms with Crippen molar-refractivity contribution in [2.24, 2.45) is 0 Å². The van der Waals surface area contributed by atoms with Gasteiger partial charge >= 0.3 is 6.03 Å². The maximum absolute atomic E-state index is 13.4. The van der Waals surface area contributed by atoms with Crippen LogP contribution in [-0.4, -0.2) is 17.6 Å². The van der Waals surface area contributed by atoms with Gasteiger partial charge in [0, 0.05) is 18.3 Å². The predicted octanol–water partition coefficient (Wildman–Crippen LogP) is 2.94. The average molecular weight is 289 g/mol. The first-order valence-electron chi connectivity index (χ1n) is 6.56. The number of hydrogen-bond acceptors (Lipinski definition) is 3. The fourth-order valence-corrected chi connectivity index (χ4v) is 1.73. The van der Waals surface area contributed by atoms with E-state index in [0.29, 0.717) is 12.5 Å². The van der Waals surface area contributed by atoms with Gasteiger partial charge in [0.05, 0.1) is 12.3 Å². The van der Waals surface area contributed by atoms with Gasteiger partial charge in [0.25, 0.3) is 0 Å². The molecule has 2 N–H and O–H groups in total. The van der Waals surface area contributed by atoms with Crippen molar-refractivity contribution in [3.05, 3.63) is 54.0 Å². The normalized spacial score (nSPS) is 10.0. The Hall–Kier alpha value is -2.63. The maximum atomic E-state index is 13.4. The summed E-state index contributed by atoms with van der Waals surface area (Å²) < 4.78 is 18.8. The third-order valence-electron chi connectivity index (χ3n) is 2.69. The topological polar surface area (TPSA) is 63.2 Å². The largest absolute Gasteiger partial charge is 0.478 e. The Labute approximate surface area is 122 Å². The number of urea groups is 1. The molecule has 0 saturated carbocycles. The second-order valence-electron chi connectivity index (χ2n) is 4.19. The summed E-state index contributed by atoms with van der Waals surface area (Å²) in [5.41, 5.74) is 0.884. The average Bonchev–Trinajstić information content (AvgIpc) is 2.49. The standard InChI is InChI=1S/C15H16FN3O2/c1-2-21-14-11(6-5-9-17-14)10-18-15(20)19-13-8-4-3-7-12(13)16/h3-9H,2,10H2,1H3,(H2,18,19,20). The van der Waals surface area contributed by atoms with Gasteiger partial charge in [-0.25, -0.2) is 14.2 Å². The van der Waals surface area contributed by atoms with Crippen LogP contribution in [0.25, 0.3) is 0 Å². The first-order valence-corrected chi connectivity index (χ1v) is 6.56. The molecule has 1 aromatic carbocycles. The molecule has 110 valence electrons. The fourth-order valence-electron chi connectivity index (χ4n) is 1.73. The van der Waals surface area contributed by atoms with E-state index in [1.807, 2.05) is 6.92 Å². The molecule has 2 aromatic rings. The van der Waals surface area contributed by atoms with Crippen molar-refractivity contribution >= 4 is 11.7 Å². The van der Waals surface area contributed by atoms with Gasteiger partial charge < -0.3 is 15.4 Å². The number of para-hydroxylation sites is 1. The van der Waals surface area contributed by atoms with E-state index in [1.54, 1.807) is 30.5 Å². The Morgan fingerprint density at radius 3 is 2.86 bits per heavy atom. The first-order chi connectivity index (χ1) is 10.2. The summed E-state index contributed by atoms with van der Waals surface area (Å²) in [6, 6.07) is 9.05. The second kappa shape index (κ2) is 7.23. The number of nitrogens with one attached hydrogen (secondary N) is 2. The van der Waals surface area contributed by atoms with Crippen LogP contribution in [0.3, 0.4) is 0 Å². The number of ether oxygens (including phenoxy) is 1. The molecule has 0 spiro atoms. The zero-order chi connectivity index (χ0) is 15.1. The van der Waals surface area contributed by atoms with Gasteiger partial charge in [0.1, 0.15) is 5.82 Å². The minimum atomic E-state index is -0.494. The maximum Gasteiger partial charge on any atom is 0.319 e. The van der Waals surface area contributed by atoms with Gasteiger partial charge in [-0.15, -0.1) is 0 Å². The zero-order valence-electron chi connectivity index (χ0n) is 11.6. The van der Waals surface area contributed by atoms with Crippen LogP contribution in [0.4, 0.5) is 14.9 Å². The molecular formula is C15H16FN3O2. The first kappa shape index (κ1) is 14.8. The summed E-state index contributed by atoms with van der Waals surface area (Å²) >= 11 is 0. The van der Waals surface area contributed by atoms with Gasteiger partial charge in [-0.2, -0.15) is 0 Å². The zero-order valence-corrected chi connectivity index (χ0v) is 11.6. The molecule has 2 rings (SSSR count). The van der Waals surface area contributed by atoms with Crippen molar-refractivity contribution in [1.29, 1.82) is 0 Å². The van der Waals surface area contributed by atoms with Gasteiger partial charge in [-0.1, -0.05) is 18.2 Å². The molecule has 5 nitrogen and oxygen atoms in total. The minimum Gasteiger partial charge on any atom is -0.478 e. The van der Waals surface area contributed by atoms with Gasteiger partial charge in [-0.3, -0.25) is 0 Å². The highest BCUT2D eigenvalue weighted by molar-refractivity contribution is 5.89. The van der Waals surface area contributed by atoms with Crippen molar-refractivity contribution in [3.63, 3.8) is 0 Å². The number of pyridine rings is 1. The molecule has 2 amide bonds. The Morgan fingerprint density at radius 2 is 2.10 bits per heavy atom. The number of rotatable bonds is 5. The number of amides is 2. The number of carbonyl (C=O) groups excluding carboxylic acids is 1. The smallest absolute Gasteiger partial charge is 0.319 e. The highest BCUT2D eigenvalue weighted by atomic mass is 19.1. The molecule has 6 heteroatoms. The van der Waals surface area contributed by atoms with E-state index in [9.17, 15) is 9.18 Å². The molecule has 0 atom stereocenters. The summed E-state index contributed by atoms with van der Waals surface area (Å²) in [4.78, 5) is 15.8. The quantitative estimate of drug-likeness (QED) is 0.889. The fraction of sp³-hybridized carbons (Fsp3) is 0.200. The number of aromatic nitrogens is 1. The number of anilines is 1. The Kier molecular flexibility index (Phi) is 5.09. The molecule has 0 aliphatic carbocycles. The van der Waals surface area contributed by atoms with Crippen LogP contribution in [0.5, 0.6) is 5.88 Å². The van der Waals surface area contributed by atoms with Crippen molar-refractivity contribution < 1.29 is 13.9 Å². The number of carbonyl (C=O) groups is 1. The van der Waals surface area contributed by atoms with Crippen molar-refractivity contribution in [3.8, 4) is 5.88 Å². The number of halogens is 1. The lowest BCUT2D eigenvalue weighted by Crippen LogP contribution is -2.28. The van der Waals surface area contributed by atoms with E-state index in [2.05, 4.69) is 15.6 Å². The van der Waals surface area contributed by atoms with E-state index >= 15 is 0 Å². The van der Waals surface area contributed by atoms with Crippen LogP contribution in [0, 0.1) is 5.82 Å². The summed E-state index contributed by atoms with van der Waals surface area (Å²) in [6.45, 7) is 2.59. The van der Waals surface area contributed by atoms with E-state index in [-0.39, 0.29) is 12.2 Å². The SMILES string of the molecule is CCOc1ncccc1CNC(=O)Nc1ccccc1F. The summed E-state index contributed by atoms with van der Waals surface area (Å²) in [7, 11) is 0. The predicted molar refractivity (Wildman–Crippen MR) is 77.7 cm³/mol. The van der Waals surface area contributed by atoms with E-state index in [0.717, 1.165) is 5.56 Å². The molecule has 21 heavy (non-hydrogen) atoms. The van der Waals surface area contributed by atoms with Crippen LogP contribution in [0.2, 0.25) is 0 Å². The van der Waals surface area contributed by atoms with Crippen LogP contribution in [0.1, 0.15) is 12.5 Å². The number of hydrogen-bond donors (Lipinski definition) is 2. The van der Waals surface area contributed by atoms with Crippen LogP contribution in [-0.2, 0) is 6.54 Å². The molecule has 0 fully saturated rings. The molecule has 1 heterocycles. The number of benzene rings is 1. The molecule has 0 bridgehead atoms. The lowest BCUT2D eigenvalue weighted by Gasteiger charge is -2.11. The van der Waals surface area contributed by atoms with Crippen molar-refractivity contribution in [1.82, 2.24) is 10.3 Å². The molecule has 0 unspecified atom stereocenters. The molecule has 0 aliphatic rings. The van der Waals surface area contributed by atoms with E-state index in [1.165, 1.54) is 12.1 Å². The summed E-state index contributed by atoms with van der Waals surface area (Å²) in [5.74, 6) is -0.00442. The second-order valence-corrected chi connectivity index (χ2v) is 4.19. The highest BCUT2D eigenvalue weighted by Crippen LogP contribution is 2.14. The van der Waals surface area contributed by atoms with Crippen LogP contribution < -0.4 is 15.4 Å². The third kappa shape index (κ3) is 4.17. The van der Waals surface area contributed by atoms with Gasteiger partial charge in [0.15, 0.2) is 0 Å². The summed E-state index contributed by atoms with van der Waals surface area (Å²) in [6.07, 6.45) is 1.62. The Morgan fingerprint density at radius 1 is 1.29 bits per heavy atom. The Bertz CT molecular complexity index is 619. The third-order valence-corrected chi connectivity index (χ3v) is 2.69. The minimum absolute atomic E-state index is 0.131. The highest BCUT2D eigenvalue weighted by Gasteiger charge is 2.08. The lowest BCUT2D eigenvalue weighted by atomic mass is 10.2. The van der Waals surface area contributed by atoms with E-state index in [4.69, 9.17) is 4.74 Å². The molecule has 1 aromatic heterocycles. The van der Waals surface area contributed by atoms with Crippen molar-refractivity contribution in [2.45, 2.75) is 13.5 Å². The summed E-state index contributed by atoms with van der Waals surface area (Å²) in [5, 5.41) is 5.08. The Balaban J connectivity index is 1.94. The van der Waals surface area contributed by atoms with Crippen LogP contribution >= 0.6 is 0 Å². The molecule has 0 aliphatic heterocycles. The van der Waals surface area contributed by atoms with Crippen LogP contribution in [0.15, 0.2) is 42.6 Å². The molecular weight excluding hydrogens is 273 g/mol. The lowest BCUT2D eigenvalue weighted by molar-refractivity contribution is 0.251. The molecule has 0 radical (unpaired) electrons. The van der Waals surface area contributed by atoms with Gasteiger partial charge in [0.2, 0.25) is 5.88 Å². The monoisotopic (exact) mass is 289 g/mol. The number of nitrogens with zero attached hydrogens (tertiary/aromatic N) is 1. The van der Waals surface area contributed by atoms with Crippen molar-refractivity contribution in [2.75, 3.05) is 11.9 Å². The van der Waals surface area contributed by atoms with Gasteiger partial charge in [-0.05, 0) is 25.1 Å². The van der Waals surface area contributed by atoms with E-state index < -0.39 is 11.8 Å².